The molecule has 0 fully saturated rings. The molecule has 1 unspecified atom stereocenters. The van der Waals surface area contributed by atoms with Crippen molar-refractivity contribution in [2.75, 3.05) is 38.4 Å². The number of methoxy groups -OCH3 is 3. The van der Waals surface area contributed by atoms with Crippen LogP contribution in [-0.4, -0.2) is 54.6 Å². The van der Waals surface area contributed by atoms with Gasteiger partial charge in [0.15, 0.2) is 5.78 Å². The number of nitrogens with zero attached hydrogens (tertiary/aromatic N) is 1. The first-order chi connectivity index (χ1) is 11.3. The largest absolute Gasteiger partial charge is 0.497 e. The minimum Gasteiger partial charge on any atom is -0.497 e. The maximum absolute atomic E-state index is 12.1. The Labute approximate surface area is 142 Å². The number of fused-ring (bicyclic) bond motifs is 1. The first-order valence-corrected chi connectivity index (χ1v) is 9.40. The Morgan fingerprint density at radius 1 is 1.29 bits per heavy atom. The van der Waals surface area contributed by atoms with Crippen LogP contribution in [0, 0.1) is 0 Å². The number of sulfonamides is 1. The van der Waals surface area contributed by atoms with Gasteiger partial charge in [-0.1, -0.05) is 0 Å². The Hall–Kier alpha value is -1.64. The Balaban J connectivity index is 2.22. The minimum atomic E-state index is -3.37. The van der Waals surface area contributed by atoms with Gasteiger partial charge in [0.2, 0.25) is 16.3 Å². The van der Waals surface area contributed by atoms with Crippen LogP contribution >= 0.6 is 0 Å². The van der Waals surface area contributed by atoms with Gasteiger partial charge in [-0.15, -0.1) is 0 Å². The maximum atomic E-state index is 12.1. The summed E-state index contributed by atoms with van der Waals surface area (Å²) in [5, 5.41) is 0. The van der Waals surface area contributed by atoms with Gasteiger partial charge in [-0.05, 0) is 30.2 Å². The van der Waals surface area contributed by atoms with Gasteiger partial charge in [0, 0.05) is 33.1 Å². The Morgan fingerprint density at radius 3 is 2.50 bits per heavy atom. The molecule has 1 aromatic rings. The van der Waals surface area contributed by atoms with E-state index in [0.717, 1.165) is 5.56 Å². The summed E-state index contributed by atoms with van der Waals surface area (Å²) in [6.07, 6.45) is 1.04. The van der Waals surface area contributed by atoms with Crippen molar-refractivity contribution in [2.45, 2.75) is 25.0 Å². The van der Waals surface area contributed by atoms with Crippen LogP contribution in [0.15, 0.2) is 18.2 Å². The zero-order valence-electron chi connectivity index (χ0n) is 14.3. The van der Waals surface area contributed by atoms with Crippen molar-refractivity contribution in [1.29, 1.82) is 0 Å². The zero-order chi connectivity index (χ0) is 17.9. The van der Waals surface area contributed by atoms with E-state index in [-0.39, 0.29) is 18.1 Å². The number of Topliss-reactive ketones (excluding diaryl/α,β-unsaturated/α-hetero) is 1. The molecule has 7 nitrogen and oxygen atoms in total. The summed E-state index contributed by atoms with van der Waals surface area (Å²) in [6.45, 7) is 0.319. The van der Waals surface area contributed by atoms with Crippen LogP contribution < -0.4 is 9.04 Å². The summed E-state index contributed by atoms with van der Waals surface area (Å²) in [4.78, 5) is 12.1. The Bertz CT molecular complexity index is 699. The number of carbonyl (C=O) groups excluding carboxylic acids is 1. The standard InChI is InChI=1S/C16H23NO6S/c1-21-12-6-7-14-13(9-12)11(10-17(14)24(4,19)20)5-8-15(18)16(22-2)23-3/h6-7,9,11,16H,5,8,10H2,1-4H3. The highest BCUT2D eigenvalue weighted by molar-refractivity contribution is 7.92. The van der Waals surface area contributed by atoms with Crippen molar-refractivity contribution in [3.63, 3.8) is 0 Å². The van der Waals surface area contributed by atoms with Crippen LogP contribution in [0.25, 0.3) is 0 Å². The van der Waals surface area contributed by atoms with Gasteiger partial charge in [0.1, 0.15) is 5.75 Å². The van der Waals surface area contributed by atoms with E-state index in [1.807, 2.05) is 6.07 Å². The van der Waals surface area contributed by atoms with Crippen LogP contribution in [0.2, 0.25) is 0 Å². The van der Waals surface area contributed by atoms with Gasteiger partial charge in [-0.3, -0.25) is 9.10 Å². The number of rotatable bonds is 8. The SMILES string of the molecule is COc1ccc2c(c1)C(CCC(=O)C(OC)OC)CN2S(C)(=O)=O. The average Bonchev–Trinajstić information content (AvgIpc) is 2.92. The molecular formula is C16H23NO6S. The number of benzene rings is 1. The van der Waals surface area contributed by atoms with Gasteiger partial charge in [0.05, 0.1) is 19.1 Å². The van der Waals surface area contributed by atoms with E-state index in [1.54, 1.807) is 19.2 Å². The first kappa shape index (κ1) is 18.7. The quantitative estimate of drug-likeness (QED) is 0.656. The number of hydrogen-bond donors (Lipinski definition) is 0. The normalized spacial score (nSPS) is 17.2. The van der Waals surface area contributed by atoms with Gasteiger partial charge >= 0.3 is 0 Å². The maximum Gasteiger partial charge on any atom is 0.232 e. The van der Waals surface area contributed by atoms with Crippen LogP contribution in [0.5, 0.6) is 5.75 Å². The van der Waals surface area contributed by atoms with Gasteiger partial charge in [-0.2, -0.15) is 0 Å². The van der Waals surface area contributed by atoms with Gasteiger partial charge in [0.25, 0.3) is 0 Å². The molecule has 1 aliphatic heterocycles. The highest BCUT2D eigenvalue weighted by atomic mass is 32.2. The number of anilines is 1. The lowest BCUT2D eigenvalue weighted by atomic mass is 9.95. The number of ketones is 1. The molecule has 1 heterocycles. The molecule has 2 rings (SSSR count). The van der Waals surface area contributed by atoms with E-state index in [4.69, 9.17) is 14.2 Å². The fourth-order valence-electron chi connectivity index (χ4n) is 2.96. The molecule has 1 aromatic carbocycles. The van der Waals surface area contributed by atoms with Crippen LogP contribution in [0.3, 0.4) is 0 Å². The van der Waals surface area contributed by atoms with E-state index >= 15 is 0 Å². The summed E-state index contributed by atoms with van der Waals surface area (Å²) < 4.78 is 40.6. The van der Waals surface area contributed by atoms with E-state index in [1.165, 1.54) is 24.8 Å². The molecule has 0 aliphatic carbocycles. The summed E-state index contributed by atoms with van der Waals surface area (Å²) in [6, 6.07) is 5.31. The smallest absolute Gasteiger partial charge is 0.232 e. The topological polar surface area (TPSA) is 82.1 Å². The Kier molecular flexibility index (Phi) is 5.84. The molecule has 0 aromatic heterocycles. The lowest BCUT2D eigenvalue weighted by molar-refractivity contribution is -0.156. The van der Waals surface area contributed by atoms with Crippen molar-refractivity contribution in [3.05, 3.63) is 23.8 Å². The molecule has 0 radical (unpaired) electrons. The second kappa shape index (κ2) is 7.50. The molecule has 8 heteroatoms. The van der Waals surface area contributed by atoms with E-state index < -0.39 is 16.3 Å². The van der Waals surface area contributed by atoms with E-state index in [2.05, 4.69) is 0 Å². The van der Waals surface area contributed by atoms with Crippen molar-refractivity contribution in [1.82, 2.24) is 0 Å². The molecule has 0 saturated carbocycles. The van der Waals surface area contributed by atoms with Crippen molar-refractivity contribution >= 4 is 21.5 Å². The molecule has 0 bridgehead atoms. The zero-order valence-corrected chi connectivity index (χ0v) is 15.1. The number of hydrogen-bond acceptors (Lipinski definition) is 6. The van der Waals surface area contributed by atoms with Gasteiger partial charge in [-0.25, -0.2) is 8.42 Å². The molecule has 0 saturated heterocycles. The Morgan fingerprint density at radius 2 is 1.96 bits per heavy atom. The highest BCUT2D eigenvalue weighted by Gasteiger charge is 2.34. The molecule has 24 heavy (non-hydrogen) atoms. The predicted octanol–water partition coefficient (Wildman–Crippen LogP) is 1.53. The molecule has 0 N–H and O–H groups in total. The molecule has 134 valence electrons. The van der Waals surface area contributed by atoms with E-state index in [9.17, 15) is 13.2 Å². The van der Waals surface area contributed by atoms with Crippen molar-refractivity contribution in [3.8, 4) is 5.75 Å². The molecule has 0 spiro atoms. The van der Waals surface area contributed by atoms with Crippen LogP contribution in [0.4, 0.5) is 5.69 Å². The van der Waals surface area contributed by atoms with E-state index in [0.29, 0.717) is 24.4 Å². The van der Waals surface area contributed by atoms with Crippen molar-refractivity contribution < 1.29 is 27.4 Å². The lowest BCUT2D eigenvalue weighted by Gasteiger charge is -2.17. The predicted molar refractivity (Wildman–Crippen MR) is 90.0 cm³/mol. The number of ether oxygens (including phenoxy) is 3. The fraction of sp³-hybridized carbons (Fsp3) is 0.562. The molecular weight excluding hydrogens is 334 g/mol. The van der Waals surface area contributed by atoms with Gasteiger partial charge < -0.3 is 14.2 Å². The third-order valence-corrected chi connectivity index (χ3v) is 5.31. The van der Waals surface area contributed by atoms with Crippen molar-refractivity contribution in [2.24, 2.45) is 0 Å². The second-order valence-electron chi connectivity index (χ2n) is 5.72. The first-order valence-electron chi connectivity index (χ1n) is 7.55. The average molecular weight is 357 g/mol. The second-order valence-corrected chi connectivity index (χ2v) is 7.63. The molecule has 1 aliphatic rings. The summed E-state index contributed by atoms with van der Waals surface area (Å²) in [5.74, 6) is 0.414. The van der Waals surface area contributed by atoms with Crippen LogP contribution in [0.1, 0.15) is 24.3 Å². The fourth-order valence-corrected chi connectivity index (χ4v) is 3.94. The highest BCUT2D eigenvalue weighted by Crippen LogP contribution is 2.41. The third kappa shape index (κ3) is 3.88. The number of carbonyl (C=O) groups is 1. The summed E-state index contributed by atoms with van der Waals surface area (Å²) >= 11 is 0. The third-order valence-electron chi connectivity index (χ3n) is 4.16. The lowest BCUT2D eigenvalue weighted by Crippen LogP contribution is -2.29. The molecule has 1 atom stereocenters. The summed E-state index contributed by atoms with van der Waals surface area (Å²) in [5.41, 5.74) is 1.52. The van der Waals surface area contributed by atoms with Crippen LogP contribution in [-0.2, 0) is 24.3 Å². The monoisotopic (exact) mass is 357 g/mol. The minimum absolute atomic E-state index is 0.0804. The molecule has 0 amide bonds. The summed E-state index contributed by atoms with van der Waals surface area (Å²) in [7, 11) is 1.01.